The van der Waals surface area contributed by atoms with Crippen molar-refractivity contribution in [3.63, 3.8) is 0 Å². The lowest BCUT2D eigenvalue weighted by Gasteiger charge is -2.34. The molecule has 2 aromatic heterocycles. The molecule has 3 heterocycles. The minimum Gasteiger partial charge on any atom is -0.383 e. The first-order valence-corrected chi connectivity index (χ1v) is 9.02. The zero-order valence-electron chi connectivity index (χ0n) is 15.0. The largest absolute Gasteiger partial charge is 0.383 e. The highest BCUT2D eigenvalue weighted by Gasteiger charge is 2.30. The van der Waals surface area contributed by atoms with Crippen molar-refractivity contribution in [2.24, 2.45) is 0 Å². The maximum atomic E-state index is 12.9. The Balaban J connectivity index is 1.60. The van der Waals surface area contributed by atoms with E-state index in [1.165, 1.54) is 0 Å². The number of hydrogen-bond donors (Lipinski definition) is 0. The summed E-state index contributed by atoms with van der Waals surface area (Å²) in [5.74, 6) is 1.69. The van der Waals surface area contributed by atoms with Crippen LogP contribution in [0.2, 0.25) is 0 Å². The third-order valence-corrected chi connectivity index (χ3v) is 4.97. The zero-order chi connectivity index (χ0) is 17.6. The van der Waals surface area contributed by atoms with E-state index in [0.717, 1.165) is 44.7 Å². The molecular formula is C18H27N5O2. The van der Waals surface area contributed by atoms with E-state index in [1.54, 1.807) is 18.0 Å². The molecule has 0 saturated carbocycles. The first kappa shape index (κ1) is 17.7. The molecule has 1 amide bonds. The van der Waals surface area contributed by atoms with Crippen molar-refractivity contribution in [2.75, 3.05) is 26.8 Å². The molecule has 0 N–H and O–H groups in total. The standard InChI is InChI=1S/C18H27N5O2/c1-3-16(23-9-4-7-20-23)18(24)22-10-5-15(6-11-22)17-19-8-12-21(17)13-14-25-2/h4,7-9,12,15-16H,3,5-6,10-11,13-14H2,1-2H3. The van der Waals surface area contributed by atoms with Crippen LogP contribution in [0.25, 0.3) is 0 Å². The third-order valence-electron chi connectivity index (χ3n) is 4.97. The number of carbonyl (C=O) groups is 1. The molecule has 2 aromatic rings. The minimum atomic E-state index is -0.199. The molecular weight excluding hydrogens is 318 g/mol. The van der Waals surface area contributed by atoms with E-state index >= 15 is 0 Å². The van der Waals surface area contributed by atoms with Gasteiger partial charge in [-0.1, -0.05) is 6.92 Å². The molecule has 136 valence electrons. The Hall–Kier alpha value is -2.15. The summed E-state index contributed by atoms with van der Waals surface area (Å²) in [5, 5.41) is 4.24. The van der Waals surface area contributed by atoms with Crippen LogP contribution in [0, 0.1) is 0 Å². The maximum Gasteiger partial charge on any atom is 0.247 e. The number of piperidine rings is 1. The molecule has 3 rings (SSSR count). The summed E-state index contributed by atoms with van der Waals surface area (Å²) in [7, 11) is 1.71. The number of amides is 1. The quantitative estimate of drug-likeness (QED) is 0.771. The van der Waals surface area contributed by atoms with Crippen molar-refractivity contribution < 1.29 is 9.53 Å². The van der Waals surface area contributed by atoms with E-state index in [2.05, 4.69) is 14.6 Å². The van der Waals surface area contributed by atoms with Gasteiger partial charge in [0.1, 0.15) is 11.9 Å². The molecule has 0 spiro atoms. The molecule has 1 unspecified atom stereocenters. The number of carbonyl (C=O) groups excluding carboxylic acids is 1. The van der Waals surface area contributed by atoms with Crippen molar-refractivity contribution in [3.8, 4) is 0 Å². The van der Waals surface area contributed by atoms with E-state index in [0.29, 0.717) is 12.5 Å². The Kier molecular flexibility index (Phi) is 5.86. The van der Waals surface area contributed by atoms with Crippen LogP contribution in [0.15, 0.2) is 30.9 Å². The summed E-state index contributed by atoms with van der Waals surface area (Å²) in [6.07, 6.45) is 10.1. The van der Waals surface area contributed by atoms with Crippen molar-refractivity contribution in [2.45, 2.75) is 44.7 Å². The summed E-state index contributed by atoms with van der Waals surface area (Å²) >= 11 is 0. The Bertz CT molecular complexity index is 659. The normalized spacial score (nSPS) is 17.0. The fraction of sp³-hybridized carbons (Fsp3) is 0.611. The van der Waals surface area contributed by atoms with Gasteiger partial charge in [-0.3, -0.25) is 9.48 Å². The van der Waals surface area contributed by atoms with Crippen molar-refractivity contribution in [1.82, 2.24) is 24.2 Å². The lowest BCUT2D eigenvalue weighted by Crippen LogP contribution is -2.42. The second kappa shape index (κ2) is 8.29. The highest BCUT2D eigenvalue weighted by molar-refractivity contribution is 5.80. The second-order valence-electron chi connectivity index (χ2n) is 6.48. The zero-order valence-corrected chi connectivity index (χ0v) is 15.0. The molecule has 0 aromatic carbocycles. The lowest BCUT2D eigenvalue weighted by molar-refractivity contribution is -0.136. The molecule has 1 saturated heterocycles. The van der Waals surface area contributed by atoms with Crippen LogP contribution in [-0.2, 0) is 16.1 Å². The second-order valence-corrected chi connectivity index (χ2v) is 6.48. The van der Waals surface area contributed by atoms with Gasteiger partial charge in [-0.25, -0.2) is 4.98 Å². The summed E-state index contributed by atoms with van der Waals surface area (Å²) in [6, 6.07) is 1.66. The number of hydrogen-bond acceptors (Lipinski definition) is 4. The van der Waals surface area contributed by atoms with Gasteiger partial charge >= 0.3 is 0 Å². The van der Waals surface area contributed by atoms with Crippen LogP contribution in [0.4, 0.5) is 0 Å². The van der Waals surface area contributed by atoms with Gasteiger partial charge < -0.3 is 14.2 Å². The van der Waals surface area contributed by atoms with Crippen LogP contribution in [0.5, 0.6) is 0 Å². The molecule has 1 aliphatic heterocycles. The third kappa shape index (κ3) is 3.92. The van der Waals surface area contributed by atoms with Crippen LogP contribution in [0.1, 0.15) is 44.0 Å². The van der Waals surface area contributed by atoms with E-state index in [1.807, 2.05) is 36.5 Å². The van der Waals surface area contributed by atoms with Gasteiger partial charge in [-0.05, 0) is 25.3 Å². The van der Waals surface area contributed by atoms with Crippen LogP contribution in [0.3, 0.4) is 0 Å². The van der Waals surface area contributed by atoms with E-state index < -0.39 is 0 Å². The fourth-order valence-electron chi connectivity index (χ4n) is 3.57. The topological polar surface area (TPSA) is 65.2 Å². The number of rotatable bonds is 7. The van der Waals surface area contributed by atoms with E-state index in [4.69, 9.17) is 4.74 Å². The van der Waals surface area contributed by atoms with Crippen LogP contribution < -0.4 is 0 Å². The Labute approximate surface area is 148 Å². The number of methoxy groups -OCH3 is 1. The van der Waals surface area contributed by atoms with Crippen molar-refractivity contribution in [3.05, 3.63) is 36.7 Å². The summed E-state index contributed by atoms with van der Waals surface area (Å²) in [5.41, 5.74) is 0. The Morgan fingerprint density at radius 1 is 1.32 bits per heavy atom. The summed E-state index contributed by atoms with van der Waals surface area (Å²) in [4.78, 5) is 19.4. The highest BCUT2D eigenvalue weighted by atomic mass is 16.5. The first-order chi connectivity index (χ1) is 12.2. The van der Waals surface area contributed by atoms with Crippen molar-refractivity contribution >= 4 is 5.91 Å². The van der Waals surface area contributed by atoms with Gasteiger partial charge in [-0.15, -0.1) is 0 Å². The van der Waals surface area contributed by atoms with E-state index in [9.17, 15) is 4.79 Å². The highest BCUT2D eigenvalue weighted by Crippen LogP contribution is 2.28. The monoisotopic (exact) mass is 345 g/mol. The smallest absolute Gasteiger partial charge is 0.247 e. The number of imidazole rings is 1. The van der Waals surface area contributed by atoms with Crippen molar-refractivity contribution in [1.29, 1.82) is 0 Å². The van der Waals surface area contributed by atoms with Gasteiger partial charge in [-0.2, -0.15) is 5.10 Å². The average molecular weight is 345 g/mol. The number of likely N-dealkylation sites (tertiary alicyclic amines) is 1. The summed E-state index contributed by atoms with van der Waals surface area (Å²) in [6.45, 7) is 5.09. The van der Waals surface area contributed by atoms with Crippen LogP contribution in [-0.4, -0.2) is 56.9 Å². The predicted octanol–water partition coefficient (Wildman–Crippen LogP) is 2.08. The molecule has 0 aliphatic carbocycles. The molecule has 1 atom stereocenters. The Morgan fingerprint density at radius 2 is 2.12 bits per heavy atom. The van der Waals surface area contributed by atoms with Gasteiger partial charge in [0, 0.05) is 57.4 Å². The first-order valence-electron chi connectivity index (χ1n) is 9.02. The number of ether oxygens (including phenoxy) is 1. The minimum absolute atomic E-state index is 0.173. The SMILES string of the molecule is CCC(C(=O)N1CCC(c2nccn2CCOC)CC1)n1cccn1. The number of aromatic nitrogens is 4. The lowest BCUT2D eigenvalue weighted by atomic mass is 9.95. The number of nitrogens with zero attached hydrogens (tertiary/aromatic N) is 5. The summed E-state index contributed by atoms with van der Waals surface area (Å²) < 4.78 is 9.11. The molecule has 1 fully saturated rings. The molecule has 25 heavy (non-hydrogen) atoms. The molecule has 7 nitrogen and oxygen atoms in total. The van der Waals surface area contributed by atoms with Gasteiger partial charge in [0.2, 0.25) is 5.91 Å². The fourth-order valence-corrected chi connectivity index (χ4v) is 3.57. The molecule has 7 heteroatoms. The van der Waals surface area contributed by atoms with Gasteiger partial charge in [0.25, 0.3) is 0 Å². The van der Waals surface area contributed by atoms with E-state index in [-0.39, 0.29) is 11.9 Å². The van der Waals surface area contributed by atoms with Crippen LogP contribution >= 0.6 is 0 Å². The maximum absolute atomic E-state index is 12.9. The van der Waals surface area contributed by atoms with Gasteiger partial charge in [0.05, 0.1) is 6.61 Å². The van der Waals surface area contributed by atoms with Gasteiger partial charge in [0.15, 0.2) is 0 Å². The molecule has 0 bridgehead atoms. The predicted molar refractivity (Wildman–Crippen MR) is 94.2 cm³/mol. The average Bonchev–Trinajstić information content (AvgIpc) is 3.32. The Morgan fingerprint density at radius 3 is 2.76 bits per heavy atom. The molecule has 1 aliphatic rings. The molecule has 0 radical (unpaired) electrons.